The lowest BCUT2D eigenvalue weighted by atomic mass is 10.1. The van der Waals surface area contributed by atoms with Crippen molar-refractivity contribution in [3.63, 3.8) is 0 Å². The van der Waals surface area contributed by atoms with Crippen molar-refractivity contribution in [3.05, 3.63) is 50.6 Å². The van der Waals surface area contributed by atoms with Crippen LogP contribution in [-0.4, -0.2) is 17.7 Å². The summed E-state index contributed by atoms with van der Waals surface area (Å²) in [6.07, 6.45) is -0.118. The van der Waals surface area contributed by atoms with Gasteiger partial charge in [-0.15, -0.1) is 0 Å². The third-order valence-corrected chi connectivity index (χ3v) is 4.25. The van der Waals surface area contributed by atoms with Crippen molar-refractivity contribution in [3.8, 4) is 0 Å². The first kappa shape index (κ1) is 16.1. The molecule has 112 valence electrons. The van der Waals surface area contributed by atoms with E-state index in [1.165, 1.54) is 11.3 Å². The second-order valence-corrected chi connectivity index (χ2v) is 5.97. The number of aliphatic hydroxyl groups excluding tert-OH is 1. The highest BCUT2D eigenvalue weighted by Gasteiger charge is 2.09. The number of nitrogens with one attached hydrogen (secondary N) is 2. The summed E-state index contributed by atoms with van der Waals surface area (Å²) in [5, 5.41) is 19.8. The van der Waals surface area contributed by atoms with Gasteiger partial charge in [0.15, 0.2) is 0 Å². The van der Waals surface area contributed by atoms with Gasteiger partial charge in [0.05, 0.1) is 16.1 Å². The number of hydrogen-bond acceptors (Lipinski definition) is 3. The molecular weight excluding hydrogens is 331 g/mol. The molecule has 0 saturated carbocycles. The highest BCUT2D eigenvalue weighted by atomic mass is 35.5. The van der Waals surface area contributed by atoms with Crippen LogP contribution in [0.3, 0.4) is 0 Å². The van der Waals surface area contributed by atoms with Gasteiger partial charge in [0.1, 0.15) is 0 Å². The van der Waals surface area contributed by atoms with Crippen molar-refractivity contribution in [2.24, 2.45) is 0 Å². The highest BCUT2D eigenvalue weighted by molar-refractivity contribution is 7.07. The largest absolute Gasteiger partial charge is 0.388 e. The monoisotopic (exact) mass is 344 g/mol. The van der Waals surface area contributed by atoms with Crippen molar-refractivity contribution in [2.45, 2.75) is 12.5 Å². The summed E-state index contributed by atoms with van der Waals surface area (Å²) in [7, 11) is 0. The van der Waals surface area contributed by atoms with Crippen LogP contribution in [0.15, 0.2) is 35.0 Å². The highest BCUT2D eigenvalue weighted by Crippen LogP contribution is 2.25. The Morgan fingerprint density at radius 3 is 2.76 bits per heavy atom. The molecule has 0 aliphatic carbocycles. The average Bonchev–Trinajstić information content (AvgIpc) is 2.97. The zero-order chi connectivity index (χ0) is 15.2. The lowest BCUT2D eigenvalue weighted by molar-refractivity contribution is 0.168. The lowest BCUT2D eigenvalue weighted by Crippen LogP contribution is -2.30. The minimum atomic E-state index is -0.568. The van der Waals surface area contributed by atoms with E-state index in [1.54, 1.807) is 18.2 Å². The maximum absolute atomic E-state index is 11.7. The van der Waals surface area contributed by atoms with E-state index in [1.807, 2.05) is 16.8 Å². The molecule has 3 N–H and O–H groups in total. The third-order valence-electron chi connectivity index (χ3n) is 2.81. The van der Waals surface area contributed by atoms with Crippen LogP contribution in [0.2, 0.25) is 10.0 Å². The number of urea groups is 1. The van der Waals surface area contributed by atoms with E-state index in [4.69, 9.17) is 23.2 Å². The fraction of sp³-hybridized carbons (Fsp3) is 0.214. The Kier molecular flexibility index (Phi) is 5.87. The van der Waals surface area contributed by atoms with E-state index < -0.39 is 6.10 Å². The fourth-order valence-corrected chi connectivity index (χ4v) is 2.71. The van der Waals surface area contributed by atoms with Crippen molar-refractivity contribution in [1.82, 2.24) is 5.32 Å². The van der Waals surface area contributed by atoms with Crippen molar-refractivity contribution >= 4 is 46.3 Å². The van der Waals surface area contributed by atoms with Crippen LogP contribution in [0.4, 0.5) is 10.5 Å². The molecule has 0 bridgehead atoms. The summed E-state index contributed by atoms with van der Waals surface area (Å²) < 4.78 is 0. The predicted octanol–water partition coefficient (Wildman–Crippen LogP) is 4.30. The van der Waals surface area contributed by atoms with Crippen LogP contribution in [0.5, 0.6) is 0 Å². The van der Waals surface area contributed by atoms with Gasteiger partial charge in [0.2, 0.25) is 0 Å². The number of amides is 2. The van der Waals surface area contributed by atoms with Gasteiger partial charge in [0.25, 0.3) is 0 Å². The predicted molar refractivity (Wildman–Crippen MR) is 87.4 cm³/mol. The molecule has 21 heavy (non-hydrogen) atoms. The minimum absolute atomic E-state index is 0.356. The first-order valence-electron chi connectivity index (χ1n) is 6.26. The van der Waals surface area contributed by atoms with Gasteiger partial charge in [-0.3, -0.25) is 0 Å². The SMILES string of the molecule is O=C(NCCC(O)c1ccsc1)Nc1ccc(Cl)c(Cl)c1. The Bertz CT molecular complexity index is 605. The second kappa shape index (κ2) is 7.66. The molecule has 1 atom stereocenters. The number of aliphatic hydroxyl groups is 1. The Morgan fingerprint density at radius 1 is 1.29 bits per heavy atom. The molecule has 1 heterocycles. The Balaban J connectivity index is 1.76. The molecule has 0 aliphatic rings. The number of anilines is 1. The van der Waals surface area contributed by atoms with Gasteiger partial charge in [-0.2, -0.15) is 11.3 Å². The zero-order valence-electron chi connectivity index (χ0n) is 11.0. The minimum Gasteiger partial charge on any atom is -0.388 e. The average molecular weight is 345 g/mol. The van der Waals surface area contributed by atoms with E-state index in [9.17, 15) is 9.90 Å². The summed E-state index contributed by atoms with van der Waals surface area (Å²) >= 11 is 13.2. The van der Waals surface area contributed by atoms with Gasteiger partial charge < -0.3 is 15.7 Å². The molecule has 1 unspecified atom stereocenters. The molecule has 2 amide bonds. The third kappa shape index (κ3) is 4.89. The van der Waals surface area contributed by atoms with Crippen molar-refractivity contribution in [2.75, 3.05) is 11.9 Å². The molecular formula is C14H14Cl2N2O2S. The van der Waals surface area contributed by atoms with Crippen molar-refractivity contribution in [1.29, 1.82) is 0 Å². The topological polar surface area (TPSA) is 61.4 Å². The van der Waals surface area contributed by atoms with Crippen LogP contribution in [-0.2, 0) is 0 Å². The van der Waals surface area contributed by atoms with Gasteiger partial charge in [-0.25, -0.2) is 4.79 Å². The number of thiophene rings is 1. The second-order valence-electron chi connectivity index (χ2n) is 4.37. The molecule has 1 aromatic carbocycles. The number of halogens is 2. The van der Waals surface area contributed by atoms with Crippen LogP contribution < -0.4 is 10.6 Å². The maximum Gasteiger partial charge on any atom is 0.319 e. The molecule has 1 aromatic heterocycles. The zero-order valence-corrected chi connectivity index (χ0v) is 13.3. The molecule has 0 saturated heterocycles. The van der Waals surface area contributed by atoms with Crippen LogP contribution in [0, 0.1) is 0 Å². The summed E-state index contributed by atoms with van der Waals surface area (Å²) in [4.78, 5) is 11.7. The number of rotatable bonds is 5. The molecule has 4 nitrogen and oxygen atoms in total. The normalized spacial score (nSPS) is 12.0. The Labute approximate surface area is 136 Å². The summed E-state index contributed by atoms with van der Waals surface area (Å²) in [5.74, 6) is 0. The van der Waals surface area contributed by atoms with Crippen LogP contribution in [0.25, 0.3) is 0 Å². The standard InChI is InChI=1S/C14H14Cl2N2O2S/c15-11-2-1-10(7-12(11)16)18-14(20)17-5-3-13(19)9-4-6-21-8-9/h1-2,4,6-8,13,19H,3,5H2,(H2,17,18,20). The lowest BCUT2D eigenvalue weighted by Gasteiger charge is -2.11. The molecule has 0 spiro atoms. The summed E-state index contributed by atoms with van der Waals surface area (Å²) in [6, 6.07) is 6.36. The molecule has 0 fully saturated rings. The van der Waals surface area contributed by atoms with Gasteiger partial charge in [-0.05, 0) is 47.0 Å². The molecule has 2 aromatic rings. The summed E-state index contributed by atoms with van der Waals surface area (Å²) in [5.41, 5.74) is 1.42. The van der Waals surface area contributed by atoms with E-state index in [-0.39, 0.29) is 6.03 Å². The smallest absolute Gasteiger partial charge is 0.319 e. The molecule has 2 rings (SSSR count). The maximum atomic E-state index is 11.7. The fourth-order valence-electron chi connectivity index (χ4n) is 1.70. The van der Waals surface area contributed by atoms with Crippen LogP contribution in [0.1, 0.15) is 18.1 Å². The van der Waals surface area contributed by atoms with E-state index in [0.29, 0.717) is 28.7 Å². The molecule has 7 heteroatoms. The van der Waals surface area contributed by atoms with E-state index in [2.05, 4.69) is 10.6 Å². The number of carbonyl (C=O) groups excluding carboxylic acids is 1. The van der Waals surface area contributed by atoms with Crippen molar-refractivity contribution < 1.29 is 9.90 Å². The number of benzene rings is 1. The summed E-state index contributed by atoms with van der Waals surface area (Å²) in [6.45, 7) is 0.365. The van der Waals surface area contributed by atoms with E-state index in [0.717, 1.165) is 5.56 Å². The first-order chi connectivity index (χ1) is 10.1. The quantitative estimate of drug-likeness (QED) is 0.757. The van der Waals surface area contributed by atoms with Gasteiger partial charge in [0, 0.05) is 12.2 Å². The van der Waals surface area contributed by atoms with Gasteiger partial charge in [-0.1, -0.05) is 23.2 Å². The van der Waals surface area contributed by atoms with E-state index >= 15 is 0 Å². The molecule has 0 aliphatic heterocycles. The number of carbonyl (C=O) groups is 1. The first-order valence-corrected chi connectivity index (χ1v) is 7.96. The Hall–Kier alpha value is -1.27. The van der Waals surface area contributed by atoms with Gasteiger partial charge >= 0.3 is 6.03 Å². The Morgan fingerprint density at radius 2 is 2.10 bits per heavy atom. The number of hydrogen-bond donors (Lipinski definition) is 3. The van der Waals surface area contributed by atoms with Crippen LogP contribution >= 0.6 is 34.5 Å². The molecule has 0 radical (unpaired) electrons.